The minimum Gasteiger partial charge on any atom is -0.444 e. The Morgan fingerprint density at radius 3 is 2.82 bits per heavy atom. The van der Waals surface area contributed by atoms with Crippen LogP contribution in [-0.2, 0) is 4.74 Å². The Hall–Kier alpha value is -2.19. The van der Waals surface area contributed by atoms with Gasteiger partial charge in [-0.25, -0.2) is 14.8 Å². The number of alkyl carbamates (subject to hydrolysis) is 1. The number of nitrogens with one attached hydrogen (secondary N) is 1. The van der Waals surface area contributed by atoms with Crippen LogP contribution in [-0.4, -0.2) is 48.9 Å². The second-order valence-corrected chi connectivity index (χ2v) is 5.87. The largest absolute Gasteiger partial charge is 0.444 e. The highest BCUT2D eigenvalue weighted by Gasteiger charge is 2.24. The third-order valence-corrected chi connectivity index (χ3v) is 2.84. The van der Waals surface area contributed by atoms with Crippen LogP contribution in [0.25, 0.3) is 5.78 Å². The van der Waals surface area contributed by atoms with Crippen LogP contribution in [0.2, 0.25) is 0 Å². The molecule has 2 aromatic heterocycles. The number of hydrogen-bond donors (Lipinski definition) is 3. The molecule has 3 N–H and O–H groups in total. The second kappa shape index (κ2) is 6.29. The molecule has 2 atom stereocenters. The summed E-state index contributed by atoms with van der Waals surface area (Å²) in [5, 5.41) is 22.6. The molecule has 0 radical (unpaired) electrons. The highest BCUT2D eigenvalue weighted by molar-refractivity contribution is 5.67. The first-order chi connectivity index (χ1) is 10.3. The molecule has 0 spiro atoms. The van der Waals surface area contributed by atoms with Crippen molar-refractivity contribution in [3.05, 3.63) is 30.4 Å². The first-order valence-corrected chi connectivity index (χ1v) is 6.89. The number of ether oxygens (including phenoxy) is 1. The summed E-state index contributed by atoms with van der Waals surface area (Å²) in [5.74, 6) is 0.420. The molecule has 8 heteroatoms. The van der Waals surface area contributed by atoms with Crippen molar-refractivity contribution in [2.24, 2.45) is 0 Å². The van der Waals surface area contributed by atoms with Crippen LogP contribution in [0.5, 0.6) is 0 Å². The van der Waals surface area contributed by atoms with Crippen LogP contribution in [0.15, 0.2) is 24.7 Å². The lowest BCUT2D eigenvalue weighted by atomic mass is 10.1. The number of amides is 1. The number of nitrogens with zero attached hydrogens (tertiary/aromatic N) is 3. The molecule has 0 aliphatic heterocycles. The number of carbonyl (C=O) groups is 1. The van der Waals surface area contributed by atoms with Crippen molar-refractivity contribution in [2.45, 2.75) is 38.6 Å². The molecule has 2 heterocycles. The SMILES string of the molecule is CC(C)(C)OC(=O)NCC(O)C(O)c1cnc2ncccn12. The number of aliphatic hydroxyl groups is 2. The maximum atomic E-state index is 11.5. The summed E-state index contributed by atoms with van der Waals surface area (Å²) < 4.78 is 6.63. The molecule has 120 valence electrons. The molecule has 0 fully saturated rings. The summed E-state index contributed by atoms with van der Waals surface area (Å²) in [6.07, 6.45) is 1.63. The van der Waals surface area contributed by atoms with Crippen LogP contribution in [0, 0.1) is 0 Å². The Morgan fingerprint density at radius 1 is 1.41 bits per heavy atom. The van der Waals surface area contributed by atoms with Crippen molar-refractivity contribution in [1.29, 1.82) is 0 Å². The third kappa shape index (κ3) is 3.92. The van der Waals surface area contributed by atoms with Crippen LogP contribution >= 0.6 is 0 Å². The van der Waals surface area contributed by atoms with Gasteiger partial charge < -0.3 is 20.3 Å². The first kappa shape index (κ1) is 16.2. The summed E-state index contributed by atoms with van der Waals surface area (Å²) in [5.41, 5.74) is -0.234. The van der Waals surface area contributed by atoms with Crippen LogP contribution in [0.3, 0.4) is 0 Å². The van der Waals surface area contributed by atoms with E-state index in [2.05, 4.69) is 15.3 Å². The Bertz CT molecular complexity index is 650. The molecular weight excluding hydrogens is 288 g/mol. The number of carbonyl (C=O) groups excluding carboxylic acids is 1. The van der Waals surface area contributed by atoms with Crippen molar-refractivity contribution in [3.63, 3.8) is 0 Å². The van der Waals surface area contributed by atoms with Gasteiger partial charge in [0.25, 0.3) is 0 Å². The van der Waals surface area contributed by atoms with E-state index in [0.29, 0.717) is 11.5 Å². The number of fused-ring (bicyclic) bond motifs is 1. The van der Waals surface area contributed by atoms with Crippen molar-refractivity contribution in [2.75, 3.05) is 6.54 Å². The quantitative estimate of drug-likeness (QED) is 0.765. The summed E-state index contributed by atoms with van der Waals surface area (Å²) in [6.45, 7) is 5.07. The molecule has 22 heavy (non-hydrogen) atoms. The van der Waals surface area contributed by atoms with E-state index in [-0.39, 0.29) is 6.54 Å². The Morgan fingerprint density at radius 2 is 2.14 bits per heavy atom. The number of rotatable bonds is 4. The summed E-state index contributed by atoms with van der Waals surface area (Å²) in [6, 6.07) is 1.69. The van der Waals surface area contributed by atoms with Crippen LogP contribution in [0.1, 0.15) is 32.6 Å². The van der Waals surface area contributed by atoms with Gasteiger partial charge >= 0.3 is 6.09 Å². The second-order valence-electron chi connectivity index (χ2n) is 5.87. The van der Waals surface area contributed by atoms with Gasteiger partial charge in [-0.15, -0.1) is 0 Å². The van der Waals surface area contributed by atoms with Gasteiger partial charge in [-0.1, -0.05) is 0 Å². The van der Waals surface area contributed by atoms with E-state index in [9.17, 15) is 15.0 Å². The summed E-state index contributed by atoms with van der Waals surface area (Å²) >= 11 is 0. The molecule has 0 aliphatic carbocycles. The standard InChI is InChI=1S/C14H20N4O4/c1-14(2,3)22-13(21)17-8-10(19)11(20)9-7-16-12-15-5-4-6-18(9)12/h4-7,10-11,19-20H,8H2,1-3H3,(H,17,21). The average molecular weight is 308 g/mol. The summed E-state index contributed by atoms with van der Waals surface area (Å²) in [4.78, 5) is 19.6. The van der Waals surface area contributed by atoms with Gasteiger partial charge in [-0.05, 0) is 26.8 Å². The van der Waals surface area contributed by atoms with Crippen molar-refractivity contribution in [3.8, 4) is 0 Å². The molecular formula is C14H20N4O4. The molecule has 2 unspecified atom stereocenters. The molecule has 0 bridgehead atoms. The van der Waals surface area contributed by atoms with E-state index >= 15 is 0 Å². The molecule has 8 nitrogen and oxygen atoms in total. The van der Waals surface area contributed by atoms with Crippen molar-refractivity contribution in [1.82, 2.24) is 19.7 Å². The molecule has 0 aromatic carbocycles. The van der Waals surface area contributed by atoms with Crippen molar-refractivity contribution < 1.29 is 19.7 Å². The average Bonchev–Trinajstić information content (AvgIpc) is 2.86. The number of hydrogen-bond acceptors (Lipinski definition) is 6. The van der Waals surface area contributed by atoms with E-state index in [0.717, 1.165) is 0 Å². The molecule has 1 amide bonds. The fourth-order valence-corrected chi connectivity index (χ4v) is 1.88. The fraction of sp³-hybridized carbons (Fsp3) is 0.500. The lowest BCUT2D eigenvalue weighted by Gasteiger charge is -2.22. The smallest absolute Gasteiger partial charge is 0.407 e. The number of aromatic nitrogens is 3. The molecule has 0 aliphatic rings. The monoisotopic (exact) mass is 308 g/mol. The Balaban J connectivity index is 1.98. The summed E-state index contributed by atoms with van der Waals surface area (Å²) in [7, 11) is 0. The van der Waals surface area contributed by atoms with Gasteiger partial charge in [0, 0.05) is 18.9 Å². The zero-order chi connectivity index (χ0) is 16.3. The molecule has 2 rings (SSSR count). The Labute approximate surface area is 127 Å². The molecule has 2 aromatic rings. The lowest BCUT2D eigenvalue weighted by molar-refractivity contribution is 0.0105. The normalized spacial score (nSPS) is 14.6. The third-order valence-electron chi connectivity index (χ3n) is 2.84. The van der Waals surface area contributed by atoms with Crippen LogP contribution in [0.4, 0.5) is 4.79 Å². The van der Waals surface area contributed by atoms with E-state index < -0.39 is 23.9 Å². The molecule has 0 saturated carbocycles. The van der Waals surface area contributed by atoms with E-state index in [1.54, 1.807) is 43.6 Å². The maximum Gasteiger partial charge on any atom is 0.407 e. The minimum atomic E-state index is -1.21. The van der Waals surface area contributed by atoms with Gasteiger partial charge in [-0.3, -0.25) is 4.40 Å². The minimum absolute atomic E-state index is 0.149. The lowest BCUT2D eigenvalue weighted by Crippen LogP contribution is -2.39. The zero-order valence-corrected chi connectivity index (χ0v) is 12.7. The highest BCUT2D eigenvalue weighted by Crippen LogP contribution is 2.17. The van der Waals surface area contributed by atoms with Gasteiger partial charge in [0.15, 0.2) is 0 Å². The van der Waals surface area contributed by atoms with Crippen molar-refractivity contribution >= 4 is 11.9 Å². The highest BCUT2D eigenvalue weighted by atomic mass is 16.6. The fourth-order valence-electron chi connectivity index (χ4n) is 1.88. The van der Waals surface area contributed by atoms with Gasteiger partial charge in [0.1, 0.15) is 17.8 Å². The zero-order valence-electron chi connectivity index (χ0n) is 12.7. The van der Waals surface area contributed by atoms with E-state index in [1.165, 1.54) is 6.20 Å². The van der Waals surface area contributed by atoms with E-state index in [1.807, 2.05) is 0 Å². The maximum absolute atomic E-state index is 11.5. The predicted molar refractivity (Wildman–Crippen MR) is 78.2 cm³/mol. The Kier molecular flexibility index (Phi) is 4.62. The van der Waals surface area contributed by atoms with Crippen LogP contribution < -0.4 is 5.32 Å². The van der Waals surface area contributed by atoms with Gasteiger partial charge in [0.2, 0.25) is 5.78 Å². The topological polar surface area (TPSA) is 109 Å². The predicted octanol–water partition coefficient (Wildman–Crippen LogP) is 0.648. The number of aliphatic hydroxyl groups excluding tert-OH is 2. The van der Waals surface area contributed by atoms with Gasteiger partial charge in [0.05, 0.1) is 11.9 Å². The van der Waals surface area contributed by atoms with E-state index in [4.69, 9.17) is 4.74 Å². The molecule has 0 saturated heterocycles. The first-order valence-electron chi connectivity index (χ1n) is 6.89. The van der Waals surface area contributed by atoms with Gasteiger partial charge in [-0.2, -0.15) is 0 Å². The number of imidazole rings is 1.